The summed E-state index contributed by atoms with van der Waals surface area (Å²) in [6.45, 7) is 6.32. The molecule has 20 heavy (non-hydrogen) atoms. The number of carbonyl (C=O) groups excluding carboxylic acids is 1. The third-order valence-electron chi connectivity index (χ3n) is 2.81. The zero-order chi connectivity index (χ0) is 15.1. The summed E-state index contributed by atoms with van der Waals surface area (Å²) in [5.41, 5.74) is 1.11. The molecule has 0 saturated carbocycles. The minimum absolute atomic E-state index is 0.0927. The summed E-state index contributed by atoms with van der Waals surface area (Å²) in [5.74, 6) is 0.464. The zero-order valence-corrected chi connectivity index (χ0v) is 13.6. The van der Waals surface area contributed by atoms with Crippen LogP contribution in [0.15, 0.2) is 22.7 Å². The van der Waals surface area contributed by atoms with Crippen molar-refractivity contribution in [3.8, 4) is 11.8 Å². The summed E-state index contributed by atoms with van der Waals surface area (Å²) in [7, 11) is 0. The Morgan fingerprint density at radius 1 is 1.55 bits per heavy atom. The lowest BCUT2D eigenvalue weighted by molar-refractivity contribution is -0.137. The SMILES string of the molecule is CCCN(CC#N)C(=O)C(C)Oc1ccc(C)cc1Br. The van der Waals surface area contributed by atoms with E-state index in [0.717, 1.165) is 16.5 Å². The largest absolute Gasteiger partial charge is 0.480 e. The van der Waals surface area contributed by atoms with Gasteiger partial charge in [0.05, 0.1) is 10.5 Å². The number of halogens is 1. The molecule has 0 saturated heterocycles. The molecular weight excluding hydrogens is 320 g/mol. The Morgan fingerprint density at radius 3 is 2.80 bits per heavy atom. The predicted octanol–water partition coefficient (Wildman–Crippen LogP) is 3.29. The molecule has 4 nitrogen and oxygen atoms in total. The summed E-state index contributed by atoms with van der Waals surface area (Å²) in [4.78, 5) is 13.8. The van der Waals surface area contributed by atoms with Crippen molar-refractivity contribution in [3.05, 3.63) is 28.2 Å². The summed E-state index contributed by atoms with van der Waals surface area (Å²) in [6, 6.07) is 7.71. The van der Waals surface area contributed by atoms with E-state index in [0.29, 0.717) is 12.3 Å². The number of carbonyl (C=O) groups is 1. The molecule has 108 valence electrons. The van der Waals surface area contributed by atoms with Crippen molar-refractivity contribution in [3.63, 3.8) is 0 Å². The van der Waals surface area contributed by atoms with Crippen molar-refractivity contribution >= 4 is 21.8 Å². The summed E-state index contributed by atoms with van der Waals surface area (Å²) >= 11 is 3.42. The van der Waals surface area contributed by atoms with Crippen molar-refractivity contribution in [1.29, 1.82) is 5.26 Å². The maximum atomic E-state index is 12.2. The lowest BCUT2D eigenvalue weighted by Gasteiger charge is -2.23. The van der Waals surface area contributed by atoms with Gasteiger partial charge in [-0.3, -0.25) is 4.79 Å². The van der Waals surface area contributed by atoms with Crippen LogP contribution in [-0.2, 0) is 4.79 Å². The molecule has 0 aliphatic heterocycles. The minimum atomic E-state index is -0.617. The fourth-order valence-corrected chi connectivity index (χ4v) is 2.41. The van der Waals surface area contributed by atoms with Crippen LogP contribution in [0.4, 0.5) is 0 Å². The molecule has 1 unspecified atom stereocenters. The van der Waals surface area contributed by atoms with Crippen LogP contribution in [0, 0.1) is 18.3 Å². The number of ether oxygens (including phenoxy) is 1. The Hall–Kier alpha value is -1.54. The second-order valence-corrected chi connectivity index (χ2v) is 5.47. The third-order valence-corrected chi connectivity index (χ3v) is 3.43. The minimum Gasteiger partial charge on any atom is -0.480 e. The molecule has 1 aromatic rings. The number of amides is 1. The Labute approximate surface area is 128 Å². The van der Waals surface area contributed by atoms with Gasteiger partial charge in [0.2, 0.25) is 0 Å². The van der Waals surface area contributed by atoms with E-state index >= 15 is 0 Å². The highest BCUT2D eigenvalue weighted by atomic mass is 79.9. The number of benzene rings is 1. The van der Waals surface area contributed by atoms with E-state index in [-0.39, 0.29) is 12.5 Å². The molecule has 0 radical (unpaired) electrons. The summed E-state index contributed by atoms with van der Waals surface area (Å²) in [6.07, 6.45) is 0.197. The average Bonchev–Trinajstić information content (AvgIpc) is 2.40. The number of nitrogens with zero attached hydrogens (tertiary/aromatic N) is 2. The molecule has 0 aliphatic carbocycles. The van der Waals surface area contributed by atoms with Crippen molar-refractivity contribution < 1.29 is 9.53 Å². The molecule has 0 heterocycles. The number of rotatable bonds is 6. The molecule has 1 atom stereocenters. The van der Waals surface area contributed by atoms with E-state index in [1.165, 1.54) is 4.90 Å². The second kappa shape index (κ2) is 7.91. The molecule has 0 fully saturated rings. The van der Waals surface area contributed by atoms with Gasteiger partial charge in [-0.15, -0.1) is 0 Å². The number of aryl methyl sites for hydroxylation is 1. The van der Waals surface area contributed by atoms with Gasteiger partial charge in [-0.1, -0.05) is 13.0 Å². The highest BCUT2D eigenvalue weighted by Gasteiger charge is 2.22. The van der Waals surface area contributed by atoms with Crippen LogP contribution < -0.4 is 4.74 Å². The average molecular weight is 339 g/mol. The molecule has 5 heteroatoms. The van der Waals surface area contributed by atoms with Gasteiger partial charge in [0.25, 0.3) is 5.91 Å². The van der Waals surface area contributed by atoms with Gasteiger partial charge in [-0.2, -0.15) is 5.26 Å². The van der Waals surface area contributed by atoms with E-state index in [2.05, 4.69) is 15.9 Å². The van der Waals surface area contributed by atoms with Crippen LogP contribution in [0.25, 0.3) is 0 Å². The van der Waals surface area contributed by atoms with E-state index in [1.54, 1.807) is 6.92 Å². The van der Waals surface area contributed by atoms with Crippen molar-refractivity contribution in [2.45, 2.75) is 33.3 Å². The van der Waals surface area contributed by atoms with Gasteiger partial charge in [-0.25, -0.2) is 0 Å². The molecule has 0 aromatic heterocycles. The zero-order valence-electron chi connectivity index (χ0n) is 12.0. The highest BCUT2D eigenvalue weighted by molar-refractivity contribution is 9.10. The maximum Gasteiger partial charge on any atom is 0.264 e. The van der Waals surface area contributed by atoms with E-state index in [9.17, 15) is 4.79 Å². The lowest BCUT2D eigenvalue weighted by Crippen LogP contribution is -2.41. The molecule has 0 bridgehead atoms. The number of hydrogen-bond donors (Lipinski definition) is 0. The van der Waals surface area contributed by atoms with Crippen LogP contribution >= 0.6 is 15.9 Å². The van der Waals surface area contributed by atoms with Crippen molar-refractivity contribution in [2.24, 2.45) is 0 Å². The van der Waals surface area contributed by atoms with E-state index in [1.807, 2.05) is 38.1 Å². The first kappa shape index (κ1) is 16.5. The quantitative estimate of drug-likeness (QED) is 0.748. The topological polar surface area (TPSA) is 53.3 Å². The molecule has 0 spiro atoms. The Kier molecular flexibility index (Phi) is 6.53. The first-order valence-corrected chi connectivity index (χ1v) is 7.37. The first-order valence-electron chi connectivity index (χ1n) is 6.58. The van der Waals surface area contributed by atoms with Crippen molar-refractivity contribution in [1.82, 2.24) is 4.90 Å². The Balaban J connectivity index is 2.76. The third kappa shape index (κ3) is 4.53. The molecule has 1 aromatic carbocycles. The Bertz CT molecular complexity index is 511. The normalized spacial score (nSPS) is 11.6. The van der Waals surface area contributed by atoms with Crippen LogP contribution in [-0.4, -0.2) is 30.0 Å². The van der Waals surface area contributed by atoms with Crippen molar-refractivity contribution in [2.75, 3.05) is 13.1 Å². The van der Waals surface area contributed by atoms with Gasteiger partial charge < -0.3 is 9.64 Å². The smallest absolute Gasteiger partial charge is 0.264 e. The van der Waals surface area contributed by atoms with E-state index < -0.39 is 6.10 Å². The number of nitriles is 1. The molecule has 1 amide bonds. The second-order valence-electron chi connectivity index (χ2n) is 4.61. The molecule has 0 N–H and O–H groups in total. The molecule has 0 aliphatic rings. The molecule has 1 rings (SSSR count). The predicted molar refractivity (Wildman–Crippen MR) is 81.5 cm³/mol. The summed E-state index contributed by atoms with van der Waals surface area (Å²) < 4.78 is 6.51. The molecular formula is C15H19BrN2O2. The van der Waals surface area contributed by atoms with E-state index in [4.69, 9.17) is 10.00 Å². The fourth-order valence-electron chi connectivity index (χ4n) is 1.82. The standard InChI is InChI=1S/C15H19BrN2O2/c1-4-8-18(9-7-17)15(19)12(3)20-14-6-5-11(2)10-13(14)16/h5-6,10,12H,4,8-9H2,1-3H3. The summed E-state index contributed by atoms with van der Waals surface area (Å²) in [5, 5.41) is 8.77. The number of hydrogen-bond acceptors (Lipinski definition) is 3. The van der Waals surface area contributed by atoms with Gasteiger partial charge in [-0.05, 0) is 53.9 Å². The van der Waals surface area contributed by atoms with Crippen LogP contribution in [0.3, 0.4) is 0 Å². The van der Waals surface area contributed by atoms with Gasteiger partial charge in [0.15, 0.2) is 6.10 Å². The van der Waals surface area contributed by atoms with Crippen LogP contribution in [0.5, 0.6) is 5.75 Å². The lowest BCUT2D eigenvalue weighted by atomic mass is 10.2. The van der Waals surface area contributed by atoms with Gasteiger partial charge in [0, 0.05) is 6.54 Å². The first-order chi connectivity index (χ1) is 9.49. The highest BCUT2D eigenvalue weighted by Crippen LogP contribution is 2.26. The van der Waals surface area contributed by atoms with Gasteiger partial charge in [0.1, 0.15) is 12.3 Å². The Morgan fingerprint density at radius 2 is 2.25 bits per heavy atom. The van der Waals surface area contributed by atoms with Gasteiger partial charge >= 0.3 is 0 Å². The van der Waals surface area contributed by atoms with Crippen LogP contribution in [0.2, 0.25) is 0 Å². The fraction of sp³-hybridized carbons (Fsp3) is 0.467. The maximum absolute atomic E-state index is 12.2. The van der Waals surface area contributed by atoms with Crippen LogP contribution in [0.1, 0.15) is 25.8 Å². The monoisotopic (exact) mass is 338 g/mol.